The number of thiazole rings is 1. The summed E-state index contributed by atoms with van der Waals surface area (Å²) in [6.07, 6.45) is 6.55. The summed E-state index contributed by atoms with van der Waals surface area (Å²) in [4.78, 5) is 17.3. The van der Waals surface area contributed by atoms with Gasteiger partial charge in [0.2, 0.25) is 0 Å². The molecule has 0 unspecified atom stereocenters. The van der Waals surface area contributed by atoms with Gasteiger partial charge >= 0.3 is 0 Å². The van der Waals surface area contributed by atoms with Crippen LogP contribution in [0, 0.1) is 12.3 Å². The Kier molecular flexibility index (Phi) is 5.17. The molecule has 0 radical (unpaired) electrons. The van der Waals surface area contributed by atoms with Crippen molar-refractivity contribution >= 4 is 37.3 Å². The molecule has 0 N–H and O–H groups in total. The van der Waals surface area contributed by atoms with Crippen LogP contribution >= 0.6 is 11.3 Å². The SMILES string of the molecule is C#CCn1c(=NC(=O)c2cccc(S(C)(=O)=O)c2)sc2cc(OC)ccc21. The number of carbonyl (C=O) groups is 1. The second-order valence-corrected chi connectivity index (χ2v) is 8.75. The van der Waals surface area contributed by atoms with Gasteiger partial charge in [-0.15, -0.1) is 6.42 Å². The molecular formula is C19H16N2O4S2. The zero-order chi connectivity index (χ0) is 19.6. The highest BCUT2D eigenvalue weighted by molar-refractivity contribution is 7.90. The van der Waals surface area contributed by atoms with Gasteiger partial charge < -0.3 is 9.30 Å². The fourth-order valence-corrected chi connectivity index (χ4v) is 4.24. The van der Waals surface area contributed by atoms with E-state index in [9.17, 15) is 13.2 Å². The van der Waals surface area contributed by atoms with E-state index in [2.05, 4.69) is 10.9 Å². The molecule has 1 heterocycles. The van der Waals surface area contributed by atoms with Crippen molar-refractivity contribution < 1.29 is 17.9 Å². The van der Waals surface area contributed by atoms with Gasteiger partial charge in [0.1, 0.15) is 5.75 Å². The standard InChI is InChI=1S/C19H16N2O4S2/c1-4-10-21-16-9-8-14(25-2)12-17(16)26-19(21)20-18(22)13-6-5-7-15(11-13)27(3,23)24/h1,5-9,11-12H,10H2,2-3H3. The third-order valence-electron chi connectivity index (χ3n) is 3.85. The van der Waals surface area contributed by atoms with Crippen LogP contribution in [-0.2, 0) is 16.4 Å². The number of rotatable bonds is 4. The first-order valence-corrected chi connectivity index (χ1v) is 10.5. The summed E-state index contributed by atoms with van der Waals surface area (Å²) >= 11 is 1.31. The number of hydrogen-bond acceptors (Lipinski definition) is 5. The Balaban J connectivity index is 2.14. The van der Waals surface area contributed by atoms with E-state index < -0.39 is 15.7 Å². The topological polar surface area (TPSA) is 77.7 Å². The molecule has 0 fully saturated rings. The lowest BCUT2D eigenvalue weighted by atomic mass is 10.2. The number of amides is 1. The molecule has 2 aromatic carbocycles. The molecule has 1 amide bonds. The van der Waals surface area contributed by atoms with Gasteiger partial charge in [-0.3, -0.25) is 4.79 Å². The zero-order valence-corrected chi connectivity index (χ0v) is 16.3. The normalized spacial score (nSPS) is 12.1. The molecule has 0 saturated carbocycles. The summed E-state index contributed by atoms with van der Waals surface area (Å²) in [5.41, 5.74) is 1.04. The van der Waals surface area contributed by atoms with Crippen LogP contribution < -0.4 is 9.54 Å². The third kappa shape index (κ3) is 3.94. The van der Waals surface area contributed by atoms with Gasteiger partial charge in [0.15, 0.2) is 14.6 Å². The van der Waals surface area contributed by atoms with Crippen molar-refractivity contribution in [2.75, 3.05) is 13.4 Å². The molecule has 0 saturated heterocycles. The van der Waals surface area contributed by atoms with E-state index in [1.807, 2.05) is 18.2 Å². The van der Waals surface area contributed by atoms with E-state index in [1.165, 1.54) is 35.6 Å². The van der Waals surface area contributed by atoms with Gasteiger partial charge in [-0.05, 0) is 36.4 Å². The first-order valence-electron chi connectivity index (χ1n) is 7.83. The molecule has 0 atom stereocenters. The number of nitrogens with zero attached hydrogens (tertiary/aromatic N) is 2. The Hall–Kier alpha value is -2.89. The van der Waals surface area contributed by atoms with Crippen molar-refractivity contribution in [3.63, 3.8) is 0 Å². The minimum atomic E-state index is -3.41. The van der Waals surface area contributed by atoms with E-state index in [0.29, 0.717) is 10.6 Å². The number of benzene rings is 2. The average molecular weight is 400 g/mol. The molecule has 3 aromatic rings. The van der Waals surface area contributed by atoms with Gasteiger partial charge in [0, 0.05) is 11.8 Å². The lowest BCUT2D eigenvalue weighted by molar-refractivity contribution is 0.0997. The number of carbonyl (C=O) groups excluding carboxylic acids is 1. The Morgan fingerprint density at radius 1 is 1.30 bits per heavy atom. The molecule has 8 heteroatoms. The van der Waals surface area contributed by atoms with Crippen LogP contribution in [0.4, 0.5) is 0 Å². The van der Waals surface area contributed by atoms with E-state index in [4.69, 9.17) is 11.2 Å². The molecule has 0 aliphatic carbocycles. The van der Waals surface area contributed by atoms with E-state index >= 15 is 0 Å². The molecule has 27 heavy (non-hydrogen) atoms. The number of fused-ring (bicyclic) bond motifs is 1. The number of ether oxygens (including phenoxy) is 1. The molecule has 138 valence electrons. The second kappa shape index (κ2) is 7.39. The summed E-state index contributed by atoms with van der Waals surface area (Å²) in [6, 6.07) is 11.3. The largest absolute Gasteiger partial charge is 0.497 e. The van der Waals surface area contributed by atoms with Crippen LogP contribution in [0.1, 0.15) is 10.4 Å². The van der Waals surface area contributed by atoms with Crippen LogP contribution in [0.25, 0.3) is 10.2 Å². The number of aromatic nitrogens is 1. The predicted octanol–water partition coefficient (Wildman–Crippen LogP) is 2.49. The van der Waals surface area contributed by atoms with Crippen LogP contribution in [0.15, 0.2) is 52.4 Å². The molecular weight excluding hydrogens is 384 g/mol. The lowest BCUT2D eigenvalue weighted by Gasteiger charge is -2.02. The van der Waals surface area contributed by atoms with Crippen molar-refractivity contribution in [1.29, 1.82) is 0 Å². The van der Waals surface area contributed by atoms with Gasteiger partial charge in [-0.25, -0.2) is 8.42 Å². The predicted molar refractivity (Wildman–Crippen MR) is 105 cm³/mol. The maximum absolute atomic E-state index is 12.6. The summed E-state index contributed by atoms with van der Waals surface area (Å²) in [5, 5.41) is 0. The maximum atomic E-state index is 12.6. The summed E-state index contributed by atoms with van der Waals surface area (Å²) < 4.78 is 31.3. The van der Waals surface area contributed by atoms with Gasteiger partial charge in [0.05, 0.1) is 28.8 Å². The Morgan fingerprint density at radius 3 is 2.74 bits per heavy atom. The Bertz CT molecular complexity index is 1240. The van der Waals surface area contributed by atoms with Crippen molar-refractivity contribution in [3.05, 3.63) is 52.8 Å². The van der Waals surface area contributed by atoms with Crippen LogP contribution in [0.3, 0.4) is 0 Å². The van der Waals surface area contributed by atoms with E-state index in [1.54, 1.807) is 11.7 Å². The summed E-state index contributed by atoms with van der Waals surface area (Å²) in [6.45, 7) is 0.252. The second-order valence-electron chi connectivity index (χ2n) is 5.73. The molecule has 3 rings (SSSR count). The molecule has 0 bridgehead atoms. The third-order valence-corrected chi connectivity index (χ3v) is 6.00. The highest BCUT2D eigenvalue weighted by atomic mass is 32.2. The Labute approximate surface area is 160 Å². The van der Waals surface area contributed by atoms with Crippen LogP contribution in [-0.4, -0.2) is 32.3 Å². The van der Waals surface area contributed by atoms with Gasteiger partial charge in [0.25, 0.3) is 5.91 Å². The molecule has 6 nitrogen and oxygen atoms in total. The monoisotopic (exact) mass is 400 g/mol. The van der Waals surface area contributed by atoms with E-state index in [0.717, 1.165) is 16.5 Å². The highest BCUT2D eigenvalue weighted by Crippen LogP contribution is 2.23. The summed E-state index contributed by atoms with van der Waals surface area (Å²) in [7, 11) is -1.84. The van der Waals surface area contributed by atoms with Crippen molar-refractivity contribution in [1.82, 2.24) is 4.57 Å². The number of sulfone groups is 1. The van der Waals surface area contributed by atoms with Crippen LogP contribution in [0.2, 0.25) is 0 Å². The van der Waals surface area contributed by atoms with Crippen molar-refractivity contribution in [3.8, 4) is 18.1 Å². The highest BCUT2D eigenvalue weighted by Gasteiger charge is 2.13. The number of methoxy groups -OCH3 is 1. The number of terminal acetylenes is 1. The minimum absolute atomic E-state index is 0.0705. The van der Waals surface area contributed by atoms with Gasteiger partial charge in [-0.2, -0.15) is 4.99 Å². The zero-order valence-electron chi connectivity index (χ0n) is 14.7. The van der Waals surface area contributed by atoms with E-state index in [-0.39, 0.29) is 17.0 Å². The molecule has 0 spiro atoms. The Morgan fingerprint density at radius 2 is 2.07 bits per heavy atom. The van der Waals surface area contributed by atoms with Gasteiger partial charge in [-0.1, -0.05) is 23.3 Å². The maximum Gasteiger partial charge on any atom is 0.279 e. The molecule has 0 aliphatic rings. The first-order chi connectivity index (χ1) is 12.8. The fourth-order valence-electron chi connectivity index (χ4n) is 2.52. The molecule has 1 aromatic heterocycles. The van der Waals surface area contributed by atoms with Crippen LogP contribution in [0.5, 0.6) is 5.75 Å². The van der Waals surface area contributed by atoms with Crippen molar-refractivity contribution in [2.45, 2.75) is 11.4 Å². The van der Waals surface area contributed by atoms with Crippen molar-refractivity contribution in [2.24, 2.45) is 4.99 Å². The average Bonchev–Trinajstić information content (AvgIpc) is 2.97. The first kappa shape index (κ1) is 18.9. The quantitative estimate of drug-likeness (QED) is 0.631. The molecule has 0 aliphatic heterocycles. The fraction of sp³-hybridized carbons (Fsp3) is 0.158. The number of hydrogen-bond donors (Lipinski definition) is 0. The smallest absolute Gasteiger partial charge is 0.279 e. The lowest BCUT2D eigenvalue weighted by Crippen LogP contribution is -2.16. The minimum Gasteiger partial charge on any atom is -0.497 e. The summed E-state index contributed by atoms with van der Waals surface area (Å²) in [5.74, 6) is 2.71.